The zero-order chi connectivity index (χ0) is 15.9. The van der Waals surface area contributed by atoms with Gasteiger partial charge < -0.3 is 10.1 Å². The lowest BCUT2D eigenvalue weighted by Crippen LogP contribution is -2.36. The number of nitrogens with one attached hydrogen (secondary N) is 1. The van der Waals surface area contributed by atoms with E-state index < -0.39 is 0 Å². The molecular formula is C19H25NO2. The van der Waals surface area contributed by atoms with Gasteiger partial charge in [-0.25, -0.2) is 0 Å². The monoisotopic (exact) mass is 299 g/mol. The quantitative estimate of drug-likeness (QED) is 0.833. The molecule has 3 heteroatoms. The van der Waals surface area contributed by atoms with Crippen LogP contribution >= 0.6 is 0 Å². The van der Waals surface area contributed by atoms with Gasteiger partial charge in [-0.1, -0.05) is 50.2 Å². The van der Waals surface area contributed by atoms with Crippen LogP contribution in [0.4, 0.5) is 0 Å². The number of carbonyl (C=O) groups is 1. The molecular weight excluding hydrogens is 274 g/mol. The van der Waals surface area contributed by atoms with Gasteiger partial charge >= 0.3 is 0 Å². The van der Waals surface area contributed by atoms with Crippen molar-refractivity contribution in [3.8, 4) is 5.75 Å². The summed E-state index contributed by atoms with van der Waals surface area (Å²) < 4.78 is 5.70. The second kappa shape index (κ2) is 7.83. The molecule has 0 saturated heterocycles. The van der Waals surface area contributed by atoms with Crippen LogP contribution in [-0.2, 0) is 4.79 Å². The van der Waals surface area contributed by atoms with Gasteiger partial charge in [0, 0.05) is 11.4 Å². The average molecular weight is 299 g/mol. The maximum atomic E-state index is 12.0. The van der Waals surface area contributed by atoms with Gasteiger partial charge in [0.2, 0.25) is 0 Å². The number of amides is 1. The predicted molar refractivity (Wildman–Crippen MR) is 91.1 cm³/mol. The van der Waals surface area contributed by atoms with Gasteiger partial charge in [-0.05, 0) is 37.1 Å². The zero-order valence-corrected chi connectivity index (χ0v) is 13.6. The fraction of sp³-hybridized carbons (Fsp3) is 0.421. The van der Waals surface area contributed by atoms with E-state index in [0.29, 0.717) is 5.92 Å². The first-order valence-corrected chi connectivity index (χ1v) is 7.96. The number of hydrogen-bond acceptors (Lipinski definition) is 2. The van der Waals surface area contributed by atoms with Crippen LogP contribution in [0.2, 0.25) is 0 Å². The van der Waals surface area contributed by atoms with Gasteiger partial charge in [0.15, 0.2) is 6.61 Å². The van der Waals surface area contributed by atoms with Crippen molar-refractivity contribution in [3.05, 3.63) is 42.5 Å². The Morgan fingerprint density at radius 2 is 1.77 bits per heavy atom. The van der Waals surface area contributed by atoms with Crippen molar-refractivity contribution in [2.75, 3.05) is 6.61 Å². The highest BCUT2D eigenvalue weighted by Crippen LogP contribution is 2.24. The molecule has 1 N–H and O–H groups in total. The van der Waals surface area contributed by atoms with Crippen LogP contribution in [0.25, 0.3) is 10.8 Å². The molecule has 0 radical (unpaired) electrons. The fourth-order valence-electron chi connectivity index (χ4n) is 2.44. The molecule has 1 unspecified atom stereocenters. The Bertz CT molecular complexity index is 616. The van der Waals surface area contributed by atoms with Gasteiger partial charge in [0.25, 0.3) is 5.91 Å². The van der Waals surface area contributed by atoms with Gasteiger partial charge in [-0.15, -0.1) is 0 Å². The second-order valence-corrected chi connectivity index (χ2v) is 6.21. The molecule has 0 aliphatic carbocycles. The summed E-state index contributed by atoms with van der Waals surface area (Å²) >= 11 is 0. The summed E-state index contributed by atoms with van der Waals surface area (Å²) in [4.78, 5) is 12.0. The first kappa shape index (κ1) is 16.3. The van der Waals surface area contributed by atoms with E-state index in [1.54, 1.807) is 0 Å². The van der Waals surface area contributed by atoms with Crippen LogP contribution in [0.5, 0.6) is 5.75 Å². The Hall–Kier alpha value is -2.03. The maximum absolute atomic E-state index is 12.0. The molecule has 0 fully saturated rings. The lowest BCUT2D eigenvalue weighted by molar-refractivity contribution is -0.123. The fourth-order valence-corrected chi connectivity index (χ4v) is 2.44. The number of rotatable bonds is 7. The molecule has 0 bridgehead atoms. The molecule has 1 atom stereocenters. The largest absolute Gasteiger partial charge is 0.483 e. The highest BCUT2D eigenvalue weighted by molar-refractivity contribution is 5.88. The number of ether oxygens (including phenoxy) is 1. The van der Waals surface area contributed by atoms with E-state index in [9.17, 15) is 4.79 Å². The molecule has 2 rings (SSSR count). The molecule has 0 spiro atoms. The molecule has 2 aromatic rings. The normalized spacial score (nSPS) is 12.4. The number of hydrogen-bond donors (Lipinski definition) is 1. The first-order chi connectivity index (χ1) is 10.6. The molecule has 0 aromatic heterocycles. The van der Waals surface area contributed by atoms with E-state index in [2.05, 4.69) is 19.2 Å². The van der Waals surface area contributed by atoms with Crippen LogP contribution in [-0.4, -0.2) is 18.6 Å². The number of carbonyl (C=O) groups excluding carboxylic acids is 1. The van der Waals surface area contributed by atoms with Gasteiger partial charge in [-0.3, -0.25) is 4.79 Å². The zero-order valence-electron chi connectivity index (χ0n) is 13.6. The van der Waals surface area contributed by atoms with Crippen molar-refractivity contribution >= 4 is 16.7 Å². The van der Waals surface area contributed by atoms with E-state index in [1.807, 2.05) is 49.4 Å². The minimum atomic E-state index is -0.0656. The molecule has 0 aliphatic rings. The smallest absolute Gasteiger partial charge is 0.258 e. The summed E-state index contributed by atoms with van der Waals surface area (Å²) in [5.41, 5.74) is 0. The van der Waals surface area contributed by atoms with Crippen LogP contribution in [0, 0.1) is 5.92 Å². The van der Waals surface area contributed by atoms with E-state index in [0.717, 1.165) is 29.4 Å². The molecule has 2 aromatic carbocycles. The van der Waals surface area contributed by atoms with Crippen LogP contribution < -0.4 is 10.1 Å². The predicted octanol–water partition coefficient (Wildman–Crippen LogP) is 4.16. The van der Waals surface area contributed by atoms with Crippen molar-refractivity contribution in [1.29, 1.82) is 0 Å². The summed E-state index contributed by atoms with van der Waals surface area (Å²) in [5, 5.41) is 5.14. The van der Waals surface area contributed by atoms with Gasteiger partial charge in [-0.2, -0.15) is 0 Å². The van der Waals surface area contributed by atoms with Crippen molar-refractivity contribution in [2.45, 2.75) is 39.7 Å². The van der Waals surface area contributed by atoms with E-state index in [4.69, 9.17) is 4.74 Å². The van der Waals surface area contributed by atoms with Crippen molar-refractivity contribution in [3.63, 3.8) is 0 Å². The van der Waals surface area contributed by atoms with Crippen LogP contribution in [0.15, 0.2) is 42.5 Å². The molecule has 0 aliphatic heterocycles. The first-order valence-electron chi connectivity index (χ1n) is 7.96. The Kier molecular flexibility index (Phi) is 5.82. The number of fused-ring (bicyclic) bond motifs is 1. The third-order valence-corrected chi connectivity index (χ3v) is 3.69. The van der Waals surface area contributed by atoms with Crippen molar-refractivity contribution in [2.24, 2.45) is 5.92 Å². The topological polar surface area (TPSA) is 38.3 Å². The minimum absolute atomic E-state index is 0.0556. The van der Waals surface area contributed by atoms with E-state index in [1.165, 1.54) is 0 Å². The Labute approximate surface area is 132 Å². The van der Waals surface area contributed by atoms with E-state index in [-0.39, 0.29) is 18.6 Å². The average Bonchev–Trinajstić information content (AvgIpc) is 2.51. The molecule has 0 saturated carbocycles. The summed E-state index contributed by atoms with van der Waals surface area (Å²) in [6.07, 6.45) is 2.11. The molecule has 118 valence electrons. The molecule has 22 heavy (non-hydrogen) atoms. The summed E-state index contributed by atoms with van der Waals surface area (Å²) in [7, 11) is 0. The number of benzene rings is 2. The molecule has 0 heterocycles. The van der Waals surface area contributed by atoms with Crippen LogP contribution in [0.3, 0.4) is 0 Å². The molecule has 1 amide bonds. The highest BCUT2D eigenvalue weighted by Gasteiger charge is 2.09. The molecule has 3 nitrogen and oxygen atoms in total. The lowest BCUT2D eigenvalue weighted by Gasteiger charge is -2.15. The van der Waals surface area contributed by atoms with Gasteiger partial charge in [0.1, 0.15) is 5.75 Å². The Morgan fingerprint density at radius 1 is 1.05 bits per heavy atom. The maximum Gasteiger partial charge on any atom is 0.258 e. The Balaban J connectivity index is 1.88. The third kappa shape index (κ3) is 4.76. The van der Waals surface area contributed by atoms with Crippen molar-refractivity contribution < 1.29 is 9.53 Å². The van der Waals surface area contributed by atoms with E-state index >= 15 is 0 Å². The summed E-state index contributed by atoms with van der Waals surface area (Å²) in [6, 6.07) is 14.1. The van der Waals surface area contributed by atoms with Gasteiger partial charge in [0.05, 0.1) is 0 Å². The minimum Gasteiger partial charge on any atom is -0.483 e. The SMILES string of the molecule is CC(C)CCC(C)NC(=O)COc1cccc2ccccc12. The third-order valence-electron chi connectivity index (χ3n) is 3.69. The summed E-state index contributed by atoms with van der Waals surface area (Å²) in [6.45, 7) is 6.48. The standard InChI is InChI=1S/C19H25NO2/c1-14(2)11-12-15(3)20-19(21)13-22-18-10-6-8-16-7-4-5-9-17(16)18/h4-10,14-15H,11-13H2,1-3H3,(H,20,21). The highest BCUT2D eigenvalue weighted by atomic mass is 16.5. The van der Waals surface area contributed by atoms with Crippen LogP contribution in [0.1, 0.15) is 33.6 Å². The van der Waals surface area contributed by atoms with Crippen molar-refractivity contribution in [1.82, 2.24) is 5.32 Å². The summed E-state index contributed by atoms with van der Waals surface area (Å²) in [5.74, 6) is 1.35. The Morgan fingerprint density at radius 3 is 2.55 bits per heavy atom. The second-order valence-electron chi connectivity index (χ2n) is 6.21. The lowest BCUT2D eigenvalue weighted by atomic mass is 10.0.